The van der Waals surface area contributed by atoms with Gasteiger partial charge in [-0.15, -0.1) is 0 Å². The molecule has 3 heterocycles. The summed E-state index contributed by atoms with van der Waals surface area (Å²) in [7, 11) is 0. The Hall–Kier alpha value is -9.32. The third-order valence-corrected chi connectivity index (χ3v) is 14.4. The molecule has 1 aromatic heterocycles. The lowest BCUT2D eigenvalue weighted by Crippen LogP contribution is -2.61. The Morgan fingerprint density at radius 2 is 0.887 bits per heavy atom. The summed E-state index contributed by atoms with van der Waals surface area (Å²) in [6, 6.07) is 96.8. The number of benzene rings is 11. The highest BCUT2D eigenvalue weighted by Gasteiger charge is 2.47. The van der Waals surface area contributed by atoms with Crippen molar-refractivity contribution >= 4 is 85.2 Å². The topological polar surface area (TPSA) is 22.9 Å². The summed E-state index contributed by atoms with van der Waals surface area (Å²) in [6.07, 6.45) is 0. The average Bonchev–Trinajstić information content (AvgIpc) is 3.83. The van der Waals surface area contributed by atoms with Gasteiger partial charge in [-0.2, -0.15) is 0 Å². The van der Waals surface area contributed by atoms with Crippen molar-refractivity contribution in [2.24, 2.45) is 0 Å². The number of para-hydroxylation sites is 3. The van der Waals surface area contributed by atoms with Crippen LogP contribution in [0.25, 0.3) is 66.4 Å². The van der Waals surface area contributed by atoms with Crippen LogP contribution in [-0.4, -0.2) is 6.85 Å². The van der Waals surface area contributed by atoms with Gasteiger partial charge in [0, 0.05) is 67.4 Å². The van der Waals surface area contributed by atoms with Crippen LogP contribution >= 0.6 is 0 Å². The molecule has 0 fully saturated rings. The van der Waals surface area contributed by atoms with Gasteiger partial charge < -0.3 is 19.0 Å². The highest BCUT2D eigenvalue weighted by Crippen LogP contribution is 2.52. The fourth-order valence-corrected chi connectivity index (χ4v) is 11.2. The summed E-state index contributed by atoms with van der Waals surface area (Å²) in [5, 5.41) is 2.18. The molecule has 0 saturated carbocycles. The Balaban J connectivity index is 1.11. The first-order chi connectivity index (χ1) is 35.2. The largest absolute Gasteiger partial charge is 0.455 e. The minimum atomic E-state index is -0.252. The zero-order chi connectivity index (χ0) is 46.8. The second-order valence-corrected chi connectivity index (χ2v) is 18.4. The summed E-state index contributed by atoms with van der Waals surface area (Å²) in [5.74, 6) is 0. The van der Waals surface area contributed by atoms with Gasteiger partial charge in [0.15, 0.2) is 0 Å². The summed E-state index contributed by atoms with van der Waals surface area (Å²) in [5.41, 5.74) is 22.1. The van der Waals surface area contributed by atoms with Crippen LogP contribution in [0.15, 0.2) is 271 Å². The molecule has 0 radical (unpaired) electrons. The number of furan rings is 1. The molecule has 11 aromatic carbocycles. The third-order valence-electron chi connectivity index (χ3n) is 14.4. The maximum Gasteiger partial charge on any atom is 0.333 e. The van der Waals surface area contributed by atoms with E-state index in [4.69, 9.17) is 4.42 Å². The molecule has 0 saturated heterocycles. The van der Waals surface area contributed by atoms with E-state index in [0.717, 1.165) is 95.3 Å². The van der Waals surface area contributed by atoms with Gasteiger partial charge in [-0.3, -0.25) is 0 Å². The summed E-state index contributed by atoms with van der Waals surface area (Å²) in [6.45, 7) is -0.252. The Morgan fingerprint density at radius 3 is 1.52 bits per heavy atom. The SMILES string of the molecule is c1ccc(-c2cccc(N3B4c5ccc(N(c6ccccc6)c6ccccc6)cc5N(c5cccc(-c6ccccc6)c5)c5cc6c(oc7ccccc76)c(c54)-c4cc(-c5ccccc5)ccc43)c2)cc1. The molecule has 0 N–H and O–H groups in total. The van der Waals surface area contributed by atoms with Crippen molar-refractivity contribution in [1.82, 2.24) is 0 Å². The van der Waals surface area contributed by atoms with Gasteiger partial charge in [0.1, 0.15) is 11.2 Å². The van der Waals surface area contributed by atoms with Crippen LogP contribution in [0.4, 0.5) is 45.5 Å². The van der Waals surface area contributed by atoms with E-state index < -0.39 is 0 Å². The minimum absolute atomic E-state index is 0.252. The van der Waals surface area contributed by atoms with E-state index in [1.165, 1.54) is 27.6 Å². The number of hydrogen-bond donors (Lipinski definition) is 0. The van der Waals surface area contributed by atoms with Crippen LogP contribution in [0, 0.1) is 0 Å². The van der Waals surface area contributed by atoms with Gasteiger partial charge in [-0.25, -0.2) is 0 Å². The summed E-state index contributed by atoms with van der Waals surface area (Å²) >= 11 is 0. The Kier molecular flexibility index (Phi) is 9.59. The first-order valence-electron chi connectivity index (χ1n) is 24.4. The zero-order valence-corrected chi connectivity index (χ0v) is 38.7. The Bertz CT molecular complexity index is 3910. The number of rotatable bonds is 8. The van der Waals surface area contributed by atoms with Crippen LogP contribution in [-0.2, 0) is 0 Å². The quantitative estimate of drug-likeness (QED) is 0.142. The Morgan fingerprint density at radius 1 is 0.352 bits per heavy atom. The van der Waals surface area contributed by atoms with Crippen molar-refractivity contribution in [3.05, 3.63) is 267 Å². The van der Waals surface area contributed by atoms with Gasteiger partial charge in [-0.05, 0) is 129 Å². The number of fused-ring (bicyclic) bond motifs is 8. The second kappa shape index (κ2) is 16.7. The first-order valence-corrected chi connectivity index (χ1v) is 24.4. The predicted molar refractivity (Wildman–Crippen MR) is 298 cm³/mol. The van der Waals surface area contributed by atoms with Crippen LogP contribution in [0.3, 0.4) is 0 Å². The Labute approximate surface area is 413 Å². The third kappa shape index (κ3) is 6.77. The first kappa shape index (κ1) is 40.7. The maximum atomic E-state index is 7.15. The monoisotopic (exact) mass is 905 g/mol. The van der Waals surface area contributed by atoms with Crippen molar-refractivity contribution in [3.8, 4) is 44.5 Å². The molecule has 0 bridgehead atoms. The van der Waals surface area contributed by atoms with Crippen molar-refractivity contribution in [2.75, 3.05) is 14.6 Å². The lowest BCUT2D eigenvalue weighted by molar-refractivity contribution is 0.670. The molecule has 5 heteroatoms. The zero-order valence-electron chi connectivity index (χ0n) is 38.7. The van der Waals surface area contributed by atoms with E-state index >= 15 is 0 Å². The number of hydrogen-bond acceptors (Lipinski definition) is 4. The van der Waals surface area contributed by atoms with E-state index in [0.29, 0.717) is 0 Å². The van der Waals surface area contributed by atoms with Crippen molar-refractivity contribution < 1.29 is 4.42 Å². The lowest BCUT2D eigenvalue weighted by atomic mass is 9.43. The number of anilines is 8. The molecule has 2 aliphatic heterocycles. The molecule has 12 aromatic rings. The highest BCUT2D eigenvalue weighted by molar-refractivity contribution is 6.94. The summed E-state index contributed by atoms with van der Waals surface area (Å²) in [4.78, 5) is 7.49. The molecular formula is C66H44BN3O. The standard InChI is InChI=1S/C66H44BN3O/c1-6-20-45(21-7-1)48-26-18-32-53(40-48)69-61-43-54(68(51-28-12-4-13-29-51)52-30-14-5-15-31-52)37-38-59(61)67-65-62(69)44-57-56-34-16-17-35-63(56)71-66(57)64(65)58-42-50(47-24-10-3-11-25-47)36-39-60(58)70(67)55-33-19-27-49(41-55)46-22-8-2-9-23-46/h1-44H. The van der Waals surface area contributed by atoms with Gasteiger partial charge in [0.25, 0.3) is 0 Å². The van der Waals surface area contributed by atoms with Crippen LogP contribution in [0.5, 0.6) is 0 Å². The van der Waals surface area contributed by atoms with E-state index in [-0.39, 0.29) is 6.85 Å². The highest BCUT2D eigenvalue weighted by atomic mass is 16.3. The lowest BCUT2D eigenvalue weighted by Gasteiger charge is -2.46. The molecule has 0 aliphatic carbocycles. The number of nitrogens with zero attached hydrogens (tertiary/aromatic N) is 3. The minimum Gasteiger partial charge on any atom is -0.455 e. The van der Waals surface area contributed by atoms with E-state index in [9.17, 15) is 0 Å². The molecule has 0 atom stereocenters. The van der Waals surface area contributed by atoms with E-state index in [1.807, 2.05) is 0 Å². The molecule has 71 heavy (non-hydrogen) atoms. The van der Waals surface area contributed by atoms with Gasteiger partial charge in [0.05, 0.1) is 0 Å². The predicted octanol–water partition coefficient (Wildman–Crippen LogP) is 16.8. The molecule has 0 amide bonds. The summed E-state index contributed by atoms with van der Waals surface area (Å²) < 4.78 is 7.15. The van der Waals surface area contributed by atoms with Gasteiger partial charge in [-0.1, -0.05) is 182 Å². The van der Waals surface area contributed by atoms with E-state index in [2.05, 4.69) is 282 Å². The smallest absolute Gasteiger partial charge is 0.333 e. The second-order valence-electron chi connectivity index (χ2n) is 18.4. The maximum absolute atomic E-state index is 7.15. The molecule has 0 spiro atoms. The van der Waals surface area contributed by atoms with Gasteiger partial charge in [0.2, 0.25) is 0 Å². The molecule has 2 aliphatic rings. The fourth-order valence-electron chi connectivity index (χ4n) is 11.2. The fraction of sp³-hybridized carbons (Fsp3) is 0. The molecule has 4 nitrogen and oxygen atoms in total. The van der Waals surface area contributed by atoms with E-state index in [1.54, 1.807) is 0 Å². The van der Waals surface area contributed by atoms with Gasteiger partial charge >= 0.3 is 6.85 Å². The van der Waals surface area contributed by atoms with Crippen molar-refractivity contribution in [3.63, 3.8) is 0 Å². The molecular weight excluding hydrogens is 862 g/mol. The van der Waals surface area contributed by atoms with Crippen LogP contribution < -0.4 is 25.5 Å². The van der Waals surface area contributed by atoms with Crippen molar-refractivity contribution in [2.45, 2.75) is 0 Å². The average molecular weight is 906 g/mol. The van der Waals surface area contributed by atoms with Crippen LogP contribution in [0.1, 0.15) is 0 Å². The van der Waals surface area contributed by atoms with Crippen LogP contribution in [0.2, 0.25) is 0 Å². The van der Waals surface area contributed by atoms with Crippen molar-refractivity contribution in [1.29, 1.82) is 0 Å². The molecule has 0 unspecified atom stereocenters. The normalized spacial score (nSPS) is 12.4. The molecule has 332 valence electrons. The molecule has 14 rings (SSSR count).